The van der Waals surface area contributed by atoms with Gasteiger partial charge in [-0.15, -0.1) is 0 Å². The maximum absolute atomic E-state index is 13.5. The Bertz CT molecular complexity index is 528. The van der Waals surface area contributed by atoms with Crippen molar-refractivity contribution < 1.29 is 14.1 Å². The molecule has 96 valence electrons. The first-order valence-electron chi connectivity index (χ1n) is 5.56. The highest BCUT2D eigenvalue weighted by atomic mass is 19.1. The molecule has 1 saturated carbocycles. The standard InChI is InChI=1S/C12H13FN2O3/c1-12(2)6-10(12)14-11(16)8-5-7(15(17)18)3-4-9(8)13/h3-5,10H,6H2,1-2H3,(H,14,16). The third kappa shape index (κ3) is 2.32. The van der Waals surface area contributed by atoms with Crippen LogP contribution in [0.2, 0.25) is 0 Å². The molecule has 1 fully saturated rings. The van der Waals surface area contributed by atoms with Crippen LogP contribution in [0.4, 0.5) is 10.1 Å². The highest BCUT2D eigenvalue weighted by Crippen LogP contribution is 2.44. The Balaban J connectivity index is 2.19. The van der Waals surface area contributed by atoms with Crippen molar-refractivity contribution >= 4 is 11.6 Å². The van der Waals surface area contributed by atoms with Crippen molar-refractivity contribution in [3.63, 3.8) is 0 Å². The number of hydrogen-bond donors (Lipinski definition) is 1. The van der Waals surface area contributed by atoms with Gasteiger partial charge in [-0.1, -0.05) is 13.8 Å². The first-order valence-corrected chi connectivity index (χ1v) is 5.56. The third-order valence-electron chi connectivity index (χ3n) is 3.22. The van der Waals surface area contributed by atoms with Crippen molar-refractivity contribution in [1.29, 1.82) is 0 Å². The summed E-state index contributed by atoms with van der Waals surface area (Å²) >= 11 is 0. The summed E-state index contributed by atoms with van der Waals surface area (Å²) in [5.41, 5.74) is -0.559. The molecule has 5 nitrogen and oxygen atoms in total. The number of carbonyl (C=O) groups is 1. The monoisotopic (exact) mass is 252 g/mol. The van der Waals surface area contributed by atoms with Crippen molar-refractivity contribution in [2.75, 3.05) is 0 Å². The maximum Gasteiger partial charge on any atom is 0.270 e. The normalized spacial score (nSPS) is 20.3. The summed E-state index contributed by atoms with van der Waals surface area (Å²) in [6, 6.07) is 2.93. The van der Waals surface area contributed by atoms with Gasteiger partial charge < -0.3 is 5.32 Å². The molecule has 1 aromatic rings. The number of hydrogen-bond acceptors (Lipinski definition) is 3. The number of nitrogens with zero attached hydrogens (tertiary/aromatic N) is 1. The average Bonchev–Trinajstić information content (AvgIpc) is 2.85. The van der Waals surface area contributed by atoms with Crippen molar-refractivity contribution in [3.8, 4) is 0 Å². The summed E-state index contributed by atoms with van der Waals surface area (Å²) in [7, 11) is 0. The van der Waals surface area contributed by atoms with Crippen molar-refractivity contribution in [2.45, 2.75) is 26.3 Å². The van der Waals surface area contributed by atoms with Gasteiger partial charge in [0.05, 0.1) is 10.5 Å². The van der Waals surface area contributed by atoms with E-state index in [1.165, 1.54) is 0 Å². The van der Waals surface area contributed by atoms with E-state index >= 15 is 0 Å². The fourth-order valence-corrected chi connectivity index (χ4v) is 1.75. The van der Waals surface area contributed by atoms with Crippen LogP contribution in [0, 0.1) is 21.3 Å². The minimum Gasteiger partial charge on any atom is -0.349 e. The smallest absolute Gasteiger partial charge is 0.270 e. The molecule has 1 aliphatic rings. The van der Waals surface area contributed by atoms with Gasteiger partial charge in [-0.25, -0.2) is 4.39 Å². The second kappa shape index (κ2) is 4.04. The molecule has 0 aromatic heterocycles. The molecule has 0 heterocycles. The molecule has 1 amide bonds. The molecule has 1 aromatic carbocycles. The van der Waals surface area contributed by atoms with E-state index in [-0.39, 0.29) is 22.7 Å². The molecule has 2 rings (SSSR count). The van der Waals surface area contributed by atoms with Crippen LogP contribution in [0.1, 0.15) is 30.6 Å². The first-order chi connectivity index (χ1) is 8.31. The van der Waals surface area contributed by atoms with E-state index in [0.29, 0.717) is 0 Å². The average molecular weight is 252 g/mol. The van der Waals surface area contributed by atoms with Crippen molar-refractivity contribution in [3.05, 3.63) is 39.7 Å². The zero-order valence-electron chi connectivity index (χ0n) is 10.1. The number of halogens is 1. The molecule has 6 heteroatoms. The number of amides is 1. The molecular weight excluding hydrogens is 239 g/mol. The molecule has 1 aliphatic carbocycles. The molecule has 1 atom stereocenters. The van der Waals surface area contributed by atoms with E-state index < -0.39 is 16.6 Å². The predicted octanol–water partition coefficient (Wildman–Crippen LogP) is 2.26. The lowest BCUT2D eigenvalue weighted by molar-refractivity contribution is -0.384. The summed E-state index contributed by atoms with van der Waals surface area (Å²) in [6.07, 6.45) is 0.829. The zero-order chi connectivity index (χ0) is 13.5. The molecule has 0 saturated heterocycles. The Morgan fingerprint density at radius 1 is 1.56 bits per heavy atom. The van der Waals surface area contributed by atoms with Crippen LogP contribution in [-0.4, -0.2) is 16.9 Å². The molecule has 0 spiro atoms. The Labute approximate surface area is 103 Å². The van der Waals surface area contributed by atoms with E-state index in [2.05, 4.69) is 5.32 Å². The summed E-state index contributed by atoms with van der Waals surface area (Å²) in [6.45, 7) is 3.98. The first kappa shape index (κ1) is 12.5. The third-order valence-corrected chi connectivity index (χ3v) is 3.22. The van der Waals surface area contributed by atoms with E-state index in [1.54, 1.807) is 0 Å². The zero-order valence-corrected chi connectivity index (χ0v) is 10.1. The van der Waals surface area contributed by atoms with E-state index in [1.807, 2.05) is 13.8 Å². The molecule has 1 unspecified atom stereocenters. The molecule has 18 heavy (non-hydrogen) atoms. The topological polar surface area (TPSA) is 72.2 Å². The van der Waals surface area contributed by atoms with Gasteiger partial charge >= 0.3 is 0 Å². The number of nitro groups is 1. The van der Waals surface area contributed by atoms with Gasteiger partial charge in [0.1, 0.15) is 5.82 Å². The number of nitro benzene ring substituents is 1. The van der Waals surface area contributed by atoms with Gasteiger partial charge in [-0.05, 0) is 17.9 Å². The Hall–Kier alpha value is -1.98. The second-order valence-electron chi connectivity index (χ2n) is 5.14. The van der Waals surface area contributed by atoms with Gasteiger partial charge in [0.15, 0.2) is 0 Å². The van der Waals surface area contributed by atoms with Crippen LogP contribution < -0.4 is 5.32 Å². The lowest BCUT2D eigenvalue weighted by atomic mass is 10.1. The highest BCUT2D eigenvalue weighted by Gasteiger charge is 2.46. The Morgan fingerprint density at radius 2 is 2.17 bits per heavy atom. The Kier molecular flexibility index (Phi) is 2.80. The van der Waals surface area contributed by atoms with E-state index in [9.17, 15) is 19.3 Å². The number of non-ortho nitro benzene ring substituents is 1. The van der Waals surface area contributed by atoms with Crippen molar-refractivity contribution in [2.24, 2.45) is 5.41 Å². The van der Waals surface area contributed by atoms with Gasteiger partial charge in [-0.3, -0.25) is 14.9 Å². The molecule has 0 bridgehead atoms. The molecule has 0 aliphatic heterocycles. The minimum absolute atomic E-state index is 0.00339. The highest BCUT2D eigenvalue weighted by molar-refractivity contribution is 5.95. The maximum atomic E-state index is 13.5. The fraction of sp³-hybridized carbons (Fsp3) is 0.417. The van der Waals surface area contributed by atoms with Crippen LogP contribution in [0.15, 0.2) is 18.2 Å². The van der Waals surface area contributed by atoms with E-state index in [4.69, 9.17) is 0 Å². The molecule has 0 radical (unpaired) electrons. The van der Waals surface area contributed by atoms with Gasteiger partial charge in [0, 0.05) is 18.2 Å². The van der Waals surface area contributed by atoms with Crippen molar-refractivity contribution in [1.82, 2.24) is 5.32 Å². The Morgan fingerprint density at radius 3 is 2.67 bits per heavy atom. The lowest BCUT2D eigenvalue weighted by Crippen LogP contribution is -2.29. The summed E-state index contributed by atoms with van der Waals surface area (Å²) in [4.78, 5) is 21.7. The largest absolute Gasteiger partial charge is 0.349 e. The lowest BCUT2D eigenvalue weighted by Gasteiger charge is -2.07. The van der Waals surface area contributed by atoms with Gasteiger partial charge in [0.25, 0.3) is 11.6 Å². The van der Waals surface area contributed by atoms with Crippen LogP contribution in [0.5, 0.6) is 0 Å². The van der Waals surface area contributed by atoms with Crippen LogP contribution in [-0.2, 0) is 0 Å². The SMILES string of the molecule is CC1(C)CC1NC(=O)c1cc([N+](=O)[O-])ccc1F. The number of nitrogens with one attached hydrogen (secondary N) is 1. The quantitative estimate of drug-likeness (QED) is 0.662. The number of benzene rings is 1. The molecular formula is C12H13FN2O3. The van der Waals surface area contributed by atoms with E-state index in [0.717, 1.165) is 24.6 Å². The van der Waals surface area contributed by atoms with Gasteiger partial charge in [-0.2, -0.15) is 0 Å². The summed E-state index contributed by atoms with van der Waals surface area (Å²) < 4.78 is 13.5. The van der Waals surface area contributed by atoms with Crippen LogP contribution in [0.25, 0.3) is 0 Å². The predicted molar refractivity (Wildman–Crippen MR) is 62.7 cm³/mol. The fourth-order valence-electron chi connectivity index (χ4n) is 1.75. The second-order valence-corrected chi connectivity index (χ2v) is 5.14. The minimum atomic E-state index is -0.753. The summed E-state index contributed by atoms with van der Waals surface area (Å²) in [5, 5.41) is 13.2. The number of rotatable bonds is 3. The van der Waals surface area contributed by atoms with Gasteiger partial charge in [0.2, 0.25) is 0 Å². The summed E-state index contributed by atoms with van der Waals surface area (Å²) in [5.74, 6) is -1.36. The van der Waals surface area contributed by atoms with Crippen LogP contribution in [0.3, 0.4) is 0 Å². The van der Waals surface area contributed by atoms with Crippen LogP contribution >= 0.6 is 0 Å². The molecule has 1 N–H and O–H groups in total. The number of carbonyl (C=O) groups excluding carboxylic acids is 1.